The molecule has 1 aromatic rings. The molecule has 0 saturated carbocycles. The lowest BCUT2D eigenvalue weighted by Crippen LogP contribution is -2.57. The fourth-order valence-electron chi connectivity index (χ4n) is 3.08. The average molecular weight is 437 g/mol. The van der Waals surface area contributed by atoms with Gasteiger partial charge in [-0.2, -0.15) is 0 Å². The standard InChI is InChI=1S/C18H27N7O6/c1-9(15(27)25-13(18(30)31)5-10-7-20-8-22-10)23-17(29)12(6-14(19)26)24-16(28)11-3-2-4-21-11/h7-9,11-13,21H,2-6H2,1H3,(H2,19,26)(H,20,22)(H,23,29)(H,24,28)(H,25,27)(H,30,31). The molecular formula is C18H27N7O6. The molecule has 4 unspecified atom stereocenters. The molecule has 1 aliphatic rings. The summed E-state index contributed by atoms with van der Waals surface area (Å²) in [6.07, 6.45) is 3.75. The molecule has 1 aromatic heterocycles. The quantitative estimate of drug-likeness (QED) is 0.191. The van der Waals surface area contributed by atoms with Gasteiger partial charge in [0.1, 0.15) is 18.1 Å². The van der Waals surface area contributed by atoms with Gasteiger partial charge >= 0.3 is 5.97 Å². The van der Waals surface area contributed by atoms with Crippen molar-refractivity contribution in [1.82, 2.24) is 31.2 Å². The maximum absolute atomic E-state index is 12.6. The maximum Gasteiger partial charge on any atom is 0.326 e. The second-order valence-electron chi connectivity index (χ2n) is 7.29. The van der Waals surface area contributed by atoms with Gasteiger partial charge in [-0.05, 0) is 26.3 Å². The van der Waals surface area contributed by atoms with E-state index in [-0.39, 0.29) is 6.42 Å². The number of hydrogen-bond donors (Lipinski definition) is 7. The van der Waals surface area contributed by atoms with Crippen molar-refractivity contribution in [1.29, 1.82) is 0 Å². The van der Waals surface area contributed by atoms with Gasteiger partial charge in [0.2, 0.25) is 23.6 Å². The largest absolute Gasteiger partial charge is 0.480 e. The van der Waals surface area contributed by atoms with Gasteiger partial charge in [-0.1, -0.05) is 0 Å². The smallest absolute Gasteiger partial charge is 0.326 e. The zero-order chi connectivity index (χ0) is 23.0. The lowest BCUT2D eigenvalue weighted by atomic mass is 10.1. The summed E-state index contributed by atoms with van der Waals surface area (Å²) < 4.78 is 0. The number of nitrogens with two attached hydrogens (primary N) is 1. The Morgan fingerprint density at radius 3 is 2.48 bits per heavy atom. The van der Waals surface area contributed by atoms with E-state index in [2.05, 4.69) is 31.2 Å². The van der Waals surface area contributed by atoms with Crippen LogP contribution in [0.1, 0.15) is 31.9 Å². The van der Waals surface area contributed by atoms with Gasteiger partial charge in [0.05, 0.1) is 18.8 Å². The highest BCUT2D eigenvalue weighted by Gasteiger charge is 2.31. The summed E-state index contributed by atoms with van der Waals surface area (Å²) in [4.78, 5) is 66.5. The number of nitrogens with zero attached hydrogens (tertiary/aromatic N) is 1. The minimum atomic E-state index is -1.26. The van der Waals surface area contributed by atoms with E-state index in [4.69, 9.17) is 5.73 Å². The van der Waals surface area contributed by atoms with Crippen molar-refractivity contribution < 1.29 is 29.1 Å². The molecule has 0 aromatic carbocycles. The first kappa shape index (κ1) is 23.8. The van der Waals surface area contributed by atoms with E-state index < -0.39 is 60.2 Å². The molecular weight excluding hydrogens is 410 g/mol. The van der Waals surface area contributed by atoms with E-state index in [0.717, 1.165) is 6.42 Å². The van der Waals surface area contributed by atoms with Crippen LogP contribution < -0.4 is 27.0 Å². The molecule has 0 aliphatic carbocycles. The molecule has 0 bridgehead atoms. The van der Waals surface area contributed by atoms with Crippen LogP contribution in [0.15, 0.2) is 12.5 Å². The highest BCUT2D eigenvalue weighted by atomic mass is 16.4. The molecule has 31 heavy (non-hydrogen) atoms. The number of aromatic amines is 1. The Morgan fingerprint density at radius 1 is 1.19 bits per heavy atom. The van der Waals surface area contributed by atoms with Crippen LogP contribution in [0.5, 0.6) is 0 Å². The second-order valence-corrected chi connectivity index (χ2v) is 7.29. The van der Waals surface area contributed by atoms with Crippen molar-refractivity contribution in [2.75, 3.05) is 6.54 Å². The Morgan fingerprint density at radius 2 is 1.94 bits per heavy atom. The van der Waals surface area contributed by atoms with Crippen LogP contribution in [0.3, 0.4) is 0 Å². The highest BCUT2D eigenvalue weighted by Crippen LogP contribution is 2.06. The monoisotopic (exact) mass is 437 g/mol. The number of carbonyl (C=O) groups excluding carboxylic acids is 4. The van der Waals surface area contributed by atoms with Crippen LogP contribution in [-0.4, -0.2) is 75.4 Å². The third-order valence-electron chi connectivity index (χ3n) is 4.76. The van der Waals surface area contributed by atoms with Gasteiger partial charge in [-0.3, -0.25) is 19.2 Å². The number of aliphatic carboxylic acids is 1. The molecule has 2 rings (SSSR count). The van der Waals surface area contributed by atoms with E-state index in [9.17, 15) is 29.1 Å². The zero-order valence-corrected chi connectivity index (χ0v) is 17.0. The molecule has 8 N–H and O–H groups in total. The number of carboxylic acids is 1. The number of H-pyrrole nitrogens is 1. The molecule has 1 fully saturated rings. The van der Waals surface area contributed by atoms with Gasteiger partial charge in [0, 0.05) is 18.3 Å². The molecule has 1 aliphatic heterocycles. The lowest BCUT2D eigenvalue weighted by molar-refractivity contribution is -0.142. The maximum atomic E-state index is 12.6. The Balaban J connectivity index is 1.95. The number of primary amides is 1. The second kappa shape index (κ2) is 11.1. The summed E-state index contributed by atoms with van der Waals surface area (Å²) >= 11 is 0. The highest BCUT2D eigenvalue weighted by molar-refractivity contribution is 5.96. The Bertz CT molecular complexity index is 806. The third kappa shape index (κ3) is 7.37. The number of carboxylic acid groups (broad SMARTS) is 1. The topological polar surface area (TPSA) is 208 Å². The minimum Gasteiger partial charge on any atom is -0.480 e. The number of hydrogen-bond acceptors (Lipinski definition) is 7. The van der Waals surface area contributed by atoms with Crippen molar-refractivity contribution >= 4 is 29.6 Å². The van der Waals surface area contributed by atoms with Gasteiger partial charge in [-0.15, -0.1) is 0 Å². The first-order chi connectivity index (χ1) is 14.7. The van der Waals surface area contributed by atoms with Gasteiger partial charge in [0.25, 0.3) is 0 Å². The van der Waals surface area contributed by atoms with E-state index in [1.807, 2.05) is 0 Å². The molecule has 0 radical (unpaired) electrons. The third-order valence-corrected chi connectivity index (χ3v) is 4.76. The normalized spacial score (nSPS) is 18.4. The first-order valence-corrected chi connectivity index (χ1v) is 9.80. The summed E-state index contributed by atoms with van der Waals surface area (Å²) in [5.74, 6) is -4.04. The predicted molar refractivity (Wildman–Crippen MR) is 106 cm³/mol. The average Bonchev–Trinajstić information content (AvgIpc) is 3.40. The molecule has 2 heterocycles. The number of imidazole rings is 1. The Hall–Kier alpha value is -3.48. The van der Waals surface area contributed by atoms with Crippen molar-refractivity contribution in [2.45, 2.75) is 56.8 Å². The first-order valence-electron chi connectivity index (χ1n) is 9.80. The van der Waals surface area contributed by atoms with Crippen LogP contribution in [0.4, 0.5) is 0 Å². The summed E-state index contributed by atoms with van der Waals surface area (Å²) in [6.45, 7) is 2.02. The predicted octanol–water partition coefficient (Wildman–Crippen LogP) is -2.86. The summed E-state index contributed by atoms with van der Waals surface area (Å²) in [6, 6.07) is -4.11. The van der Waals surface area contributed by atoms with Crippen LogP contribution in [-0.2, 0) is 30.4 Å². The van der Waals surface area contributed by atoms with Crippen LogP contribution in [0.25, 0.3) is 0 Å². The molecule has 170 valence electrons. The van der Waals surface area contributed by atoms with Gasteiger partial charge in [0.15, 0.2) is 0 Å². The van der Waals surface area contributed by atoms with Gasteiger partial charge < -0.3 is 37.1 Å². The Labute approximate surface area is 177 Å². The molecule has 4 atom stereocenters. The van der Waals surface area contributed by atoms with Crippen molar-refractivity contribution in [2.24, 2.45) is 5.73 Å². The van der Waals surface area contributed by atoms with E-state index in [0.29, 0.717) is 18.7 Å². The number of aromatic nitrogens is 2. The van der Waals surface area contributed by atoms with E-state index >= 15 is 0 Å². The fourth-order valence-corrected chi connectivity index (χ4v) is 3.08. The van der Waals surface area contributed by atoms with Crippen LogP contribution in [0, 0.1) is 0 Å². The summed E-state index contributed by atoms with van der Waals surface area (Å²) in [5, 5.41) is 19.5. The molecule has 1 saturated heterocycles. The van der Waals surface area contributed by atoms with E-state index in [1.54, 1.807) is 0 Å². The molecule has 4 amide bonds. The van der Waals surface area contributed by atoms with Crippen molar-refractivity contribution in [3.8, 4) is 0 Å². The van der Waals surface area contributed by atoms with E-state index in [1.165, 1.54) is 19.4 Å². The zero-order valence-electron chi connectivity index (χ0n) is 17.0. The van der Waals surface area contributed by atoms with Crippen molar-refractivity contribution in [3.05, 3.63) is 18.2 Å². The van der Waals surface area contributed by atoms with Crippen LogP contribution in [0.2, 0.25) is 0 Å². The van der Waals surface area contributed by atoms with Crippen LogP contribution >= 0.6 is 0 Å². The number of carbonyl (C=O) groups is 5. The number of nitrogens with one attached hydrogen (secondary N) is 5. The SMILES string of the molecule is CC(NC(=O)C(CC(N)=O)NC(=O)C1CCCN1)C(=O)NC(Cc1cnc[nH]1)C(=O)O. The van der Waals surface area contributed by atoms with Gasteiger partial charge in [-0.25, -0.2) is 9.78 Å². The fraction of sp³-hybridized carbons (Fsp3) is 0.556. The number of rotatable bonds is 11. The lowest BCUT2D eigenvalue weighted by Gasteiger charge is -2.22. The summed E-state index contributed by atoms with van der Waals surface area (Å²) in [7, 11) is 0. The molecule has 13 heteroatoms. The number of amides is 4. The summed E-state index contributed by atoms with van der Waals surface area (Å²) in [5.41, 5.74) is 5.68. The Kier molecular flexibility index (Phi) is 8.49. The molecule has 0 spiro atoms. The minimum absolute atomic E-state index is 0.0313. The molecule has 13 nitrogen and oxygen atoms in total. The van der Waals surface area contributed by atoms with Crippen molar-refractivity contribution in [3.63, 3.8) is 0 Å².